The molecule has 0 aromatic heterocycles. The summed E-state index contributed by atoms with van der Waals surface area (Å²) in [7, 11) is 4.18. The highest BCUT2D eigenvalue weighted by atomic mass is 127. The first-order valence-corrected chi connectivity index (χ1v) is 5.08. The number of benzene rings is 1. The van der Waals surface area contributed by atoms with E-state index in [9.17, 15) is 4.79 Å². The summed E-state index contributed by atoms with van der Waals surface area (Å²) >= 11 is 2.21. The summed E-state index contributed by atoms with van der Waals surface area (Å²) in [5, 5.41) is 3.52. The maximum atomic E-state index is 11.2. The third-order valence-corrected chi connectivity index (χ3v) is 2.63. The molecule has 12 heavy (non-hydrogen) atoms. The van der Waals surface area contributed by atoms with Crippen LogP contribution in [0.2, 0.25) is 0 Å². The second-order valence-electron chi connectivity index (χ2n) is 2.31. The Hall–Kier alpha value is -0.150. The van der Waals surface area contributed by atoms with Crippen molar-refractivity contribution < 1.29 is 4.79 Å². The van der Waals surface area contributed by atoms with Crippen molar-refractivity contribution in [3.63, 3.8) is 0 Å². The SMILES string of the molecule is CNC(=O)c1ccc(I)cc1P. The summed E-state index contributed by atoms with van der Waals surface area (Å²) in [4.78, 5) is 11.2. The first-order chi connectivity index (χ1) is 5.65. The van der Waals surface area contributed by atoms with Crippen molar-refractivity contribution in [2.75, 3.05) is 7.05 Å². The molecule has 0 bridgehead atoms. The van der Waals surface area contributed by atoms with Crippen molar-refractivity contribution >= 4 is 43.0 Å². The smallest absolute Gasteiger partial charge is 0.251 e. The van der Waals surface area contributed by atoms with Gasteiger partial charge in [0.2, 0.25) is 0 Å². The highest BCUT2D eigenvalue weighted by Crippen LogP contribution is 2.07. The maximum Gasteiger partial charge on any atom is 0.251 e. The molecule has 0 spiro atoms. The Kier molecular flexibility index (Phi) is 3.47. The second kappa shape index (κ2) is 4.19. The molecule has 0 aliphatic rings. The van der Waals surface area contributed by atoms with Gasteiger partial charge in [0.15, 0.2) is 0 Å². The van der Waals surface area contributed by atoms with Crippen molar-refractivity contribution in [1.82, 2.24) is 5.32 Å². The fourth-order valence-corrected chi connectivity index (χ4v) is 2.14. The number of nitrogens with one attached hydrogen (secondary N) is 1. The standard InChI is InChI=1S/C8H9INOP/c1-10-8(11)6-3-2-5(9)4-7(6)12/h2-4H,12H2,1H3,(H,10,11). The van der Waals surface area contributed by atoms with Gasteiger partial charge in [0.1, 0.15) is 0 Å². The van der Waals surface area contributed by atoms with Crippen LogP contribution in [-0.4, -0.2) is 13.0 Å². The fourth-order valence-electron chi connectivity index (χ4n) is 0.875. The van der Waals surface area contributed by atoms with Crippen molar-refractivity contribution in [1.29, 1.82) is 0 Å². The summed E-state index contributed by atoms with van der Waals surface area (Å²) in [6.07, 6.45) is 0. The molecule has 1 unspecified atom stereocenters. The molecule has 0 saturated heterocycles. The normalized spacial score (nSPS) is 9.58. The Balaban J connectivity index is 3.09. The topological polar surface area (TPSA) is 29.1 Å². The van der Waals surface area contributed by atoms with Crippen LogP contribution in [0.3, 0.4) is 0 Å². The summed E-state index contributed by atoms with van der Waals surface area (Å²) in [5.41, 5.74) is 0.711. The molecule has 0 heterocycles. The molecule has 1 atom stereocenters. The van der Waals surface area contributed by atoms with E-state index in [0.717, 1.165) is 8.87 Å². The molecule has 0 aliphatic heterocycles. The highest BCUT2D eigenvalue weighted by Gasteiger charge is 2.05. The molecule has 0 aliphatic carbocycles. The molecular formula is C8H9INOP. The molecule has 64 valence electrons. The van der Waals surface area contributed by atoms with Crippen LogP contribution in [0.15, 0.2) is 18.2 Å². The Labute approximate surface area is 87.5 Å². The largest absolute Gasteiger partial charge is 0.355 e. The molecule has 1 aromatic rings. The van der Waals surface area contributed by atoms with E-state index < -0.39 is 0 Å². The molecule has 1 rings (SSSR count). The van der Waals surface area contributed by atoms with Crippen molar-refractivity contribution in [3.05, 3.63) is 27.3 Å². The van der Waals surface area contributed by atoms with Gasteiger partial charge in [-0.05, 0) is 46.1 Å². The minimum absolute atomic E-state index is 0.0450. The van der Waals surface area contributed by atoms with Gasteiger partial charge in [-0.15, -0.1) is 9.24 Å². The van der Waals surface area contributed by atoms with E-state index >= 15 is 0 Å². The zero-order valence-corrected chi connectivity index (χ0v) is 9.91. The van der Waals surface area contributed by atoms with Gasteiger partial charge in [-0.3, -0.25) is 4.79 Å². The van der Waals surface area contributed by atoms with E-state index in [4.69, 9.17) is 0 Å². The Morgan fingerprint density at radius 2 is 2.25 bits per heavy atom. The lowest BCUT2D eigenvalue weighted by molar-refractivity contribution is 0.0964. The first kappa shape index (κ1) is 9.93. The van der Waals surface area contributed by atoms with Crippen molar-refractivity contribution in [2.24, 2.45) is 0 Å². The van der Waals surface area contributed by atoms with Gasteiger partial charge in [0.05, 0.1) is 0 Å². The van der Waals surface area contributed by atoms with Crippen molar-refractivity contribution in [2.45, 2.75) is 0 Å². The lowest BCUT2D eigenvalue weighted by Crippen LogP contribution is -2.22. The summed E-state index contributed by atoms with van der Waals surface area (Å²) in [6, 6.07) is 5.69. The predicted molar refractivity (Wildman–Crippen MR) is 61.9 cm³/mol. The van der Waals surface area contributed by atoms with Gasteiger partial charge in [0.25, 0.3) is 5.91 Å². The molecule has 1 aromatic carbocycles. The number of carbonyl (C=O) groups excluding carboxylic acids is 1. The zero-order valence-electron chi connectivity index (χ0n) is 6.60. The van der Waals surface area contributed by atoms with E-state index in [0.29, 0.717) is 5.56 Å². The van der Waals surface area contributed by atoms with Crippen LogP contribution < -0.4 is 10.6 Å². The Morgan fingerprint density at radius 1 is 1.58 bits per heavy atom. The highest BCUT2D eigenvalue weighted by molar-refractivity contribution is 14.1. The second-order valence-corrected chi connectivity index (χ2v) is 4.18. The first-order valence-electron chi connectivity index (χ1n) is 3.42. The molecule has 0 radical (unpaired) electrons. The zero-order chi connectivity index (χ0) is 9.14. The van der Waals surface area contributed by atoms with Gasteiger partial charge >= 0.3 is 0 Å². The van der Waals surface area contributed by atoms with Crippen LogP contribution in [0.1, 0.15) is 10.4 Å². The minimum Gasteiger partial charge on any atom is -0.355 e. The monoisotopic (exact) mass is 293 g/mol. The van der Waals surface area contributed by atoms with Crippen LogP contribution in [0.5, 0.6) is 0 Å². The molecule has 0 fully saturated rings. The fraction of sp³-hybridized carbons (Fsp3) is 0.125. The summed E-state index contributed by atoms with van der Waals surface area (Å²) < 4.78 is 1.13. The minimum atomic E-state index is -0.0450. The average Bonchev–Trinajstić information content (AvgIpc) is 2.03. The number of rotatable bonds is 1. The number of halogens is 1. The van der Waals surface area contributed by atoms with Gasteiger partial charge in [-0.1, -0.05) is 0 Å². The third kappa shape index (κ3) is 2.17. The lowest BCUT2D eigenvalue weighted by atomic mass is 10.2. The number of hydrogen-bond acceptors (Lipinski definition) is 1. The Morgan fingerprint density at radius 3 is 2.75 bits per heavy atom. The van der Waals surface area contributed by atoms with E-state index in [1.165, 1.54) is 0 Å². The number of amides is 1. The van der Waals surface area contributed by atoms with E-state index in [1.807, 2.05) is 18.2 Å². The molecular weight excluding hydrogens is 284 g/mol. The van der Waals surface area contributed by atoms with Crippen LogP contribution >= 0.6 is 31.8 Å². The van der Waals surface area contributed by atoms with Crippen LogP contribution in [0.25, 0.3) is 0 Å². The van der Waals surface area contributed by atoms with E-state index in [-0.39, 0.29) is 5.91 Å². The summed E-state index contributed by atoms with van der Waals surface area (Å²) in [5.74, 6) is -0.0450. The van der Waals surface area contributed by atoms with E-state index in [1.54, 1.807) is 7.05 Å². The van der Waals surface area contributed by atoms with Gasteiger partial charge in [-0.25, -0.2) is 0 Å². The van der Waals surface area contributed by atoms with E-state index in [2.05, 4.69) is 37.1 Å². The van der Waals surface area contributed by atoms with Crippen LogP contribution in [0, 0.1) is 3.57 Å². The van der Waals surface area contributed by atoms with Crippen LogP contribution in [0.4, 0.5) is 0 Å². The third-order valence-electron chi connectivity index (χ3n) is 1.49. The molecule has 2 nitrogen and oxygen atoms in total. The number of hydrogen-bond donors (Lipinski definition) is 1. The molecule has 4 heteroatoms. The predicted octanol–water partition coefficient (Wildman–Crippen LogP) is 1.15. The van der Waals surface area contributed by atoms with Gasteiger partial charge in [0, 0.05) is 16.2 Å². The molecule has 0 saturated carbocycles. The quantitative estimate of drug-likeness (QED) is 0.611. The van der Waals surface area contributed by atoms with Crippen molar-refractivity contribution in [3.8, 4) is 0 Å². The molecule has 1 amide bonds. The maximum absolute atomic E-state index is 11.2. The number of carbonyl (C=O) groups is 1. The molecule has 1 N–H and O–H groups in total. The lowest BCUT2D eigenvalue weighted by Gasteiger charge is -2.03. The van der Waals surface area contributed by atoms with Crippen LogP contribution in [-0.2, 0) is 0 Å². The average molecular weight is 293 g/mol. The van der Waals surface area contributed by atoms with Gasteiger partial charge in [-0.2, -0.15) is 0 Å². The van der Waals surface area contributed by atoms with Gasteiger partial charge < -0.3 is 5.32 Å². The summed E-state index contributed by atoms with van der Waals surface area (Å²) in [6.45, 7) is 0. The Bertz CT molecular complexity index is 314.